The van der Waals surface area contributed by atoms with Crippen LogP contribution in [0.15, 0.2) is 48.5 Å². The maximum absolute atomic E-state index is 12.8. The summed E-state index contributed by atoms with van der Waals surface area (Å²) >= 11 is 7.48. The van der Waals surface area contributed by atoms with Gasteiger partial charge in [0.2, 0.25) is 0 Å². The van der Waals surface area contributed by atoms with Crippen LogP contribution in [0, 0.1) is 0 Å². The molecule has 2 aromatic rings. The van der Waals surface area contributed by atoms with Crippen molar-refractivity contribution < 1.29 is 9.59 Å². The quantitative estimate of drug-likeness (QED) is 0.879. The molecule has 1 N–H and O–H groups in total. The Kier molecular flexibility index (Phi) is 4.89. The number of amides is 2. The lowest BCUT2D eigenvalue weighted by Crippen LogP contribution is -2.51. The summed E-state index contributed by atoms with van der Waals surface area (Å²) in [6.07, 6.45) is 0. The number of carbonyl (C=O) groups is 2. The minimum atomic E-state index is -0.466. The molecule has 26 heavy (non-hydrogen) atoms. The van der Waals surface area contributed by atoms with E-state index in [0.29, 0.717) is 35.3 Å². The Hall–Kier alpha value is -2.02. The smallest absolute Gasteiger partial charge is 0.257 e. The Morgan fingerprint density at radius 3 is 2.35 bits per heavy atom. The lowest BCUT2D eigenvalue weighted by atomic mass is 10.1. The van der Waals surface area contributed by atoms with E-state index in [1.54, 1.807) is 40.9 Å². The van der Waals surface area contributed by atoms with Crippen molar-refractivity contribution >= 4 is 35.2 Å². The Morgan fingerprint density at radius 1 is 1.04 bits per heavy atom. The number of nitrogens with zero attached hydrogens (tertiary/aromatic N) is 2. The molecule has 2 aliphatic heterocycles. The van der Waals surface area contributed by atoms with Crippen molar-refractivity contribution in [3.8, 4) is 0 Å². The van der Waals surface area contributed by atoms with Crippen molar-refractivity contribution in [3.63, 3.8) is 0 Å². The van der Waals surface area contributed by atoms with Crippen LogP contribution in [0.2, 0.25) is 5.02 Å². The van der Waals surface area contributed by atoms with Gasteiger partial charge in [0, 0.05) is 29.4 Å². The molecule has 1 fully saturated rings. The summed E-state index contributed by atoms with van der Waals surface area (Å²) < 4.78 is 0. The first-order valence-corrected chi connectivity index (χ1v) is 9.91. The van der Waals surface area contributed by atoms with Gasteiger partial charge < -0.3 is 4.90 Å². The molecular weight excluding hydrogens is 370 g/mol. The first-order chi connectivity index (χ1) is 12.6. The largest absolute Gasteiger partial charge is 0.316 e. The van der Waals surface area contributed by atoms with Crippen LogP contribution in [0.3, 0.4) is 0 Å². The summed E-state index contributed by atoms with van der Waals surface area (Å²) in [5, 5.41) is 2.49. The Morgan fingerprint density at radius 2 is 1.69 bits per heavy atom. The van der Waals surface area contributed by atoms with Gasteiger partial charge in [-0.05, 0) is 35.4 Å². The van der Waals surface area contributed by atoms with E-state index in [9.17, 15) is 9.59 Å². The van der Waals surface area contributed by atoms with E-state index in [0.717, 1.165) is 0 Å². The van der Waals surface area contributed by atoms with Crippen LogP contribution in [-0.2, 0) is 17.9 Å². The van der Waals surface area contributed by atoms with E-state index in [2.05, 4.69) is 17.6 Å². The second kappa shape index (κ2) is 7.31. The number of hydrogen-bond acceptors (Lipinski definition) is 4. The maximum Gasteiger partial charge on any atom is 0.257 e. The van der Waals surface area contributed by atoms with Crippen molar-refractivity contribution in [1.29, 1.82) is 0 Å². The zero-order valence-electron chi connectivity index (χ0n) is 14.0. The lowest BCUT2D eigenvalue weighted by Gasteiger charge is -2.25. The van der Waals surface area contributed by atoms with Gasteiger partial charge in [-0.25, -0.2) is 5.01 Å². The molecule has 2 heterocycles. The van der Waals surface area contributed by atoms with Crippen LogP contribution < -0.4 is 5.43 Å². The molecule has 0 saturated carbocycles. The molecule has 134 valence electrons. The zero-order chi connectivity index (χ0) is 18.1. The van der Waals surface area contributed by atoms with Crippen LogP contribution >= 0.6 is 23.4 Å². The number of carbonyl (C=O) groups excluding carboxylic acids is 2. The second-order valence-electron chi connectivity index (χ2n) is 6.40. The number of thioether (sulfide) groups is 1. The van der Waals surface area contributed by atoms with Crippen molar-refractivity contribution in [3.05, 3.63) is 70.2 Å². The van der Waals surface area contributed by atoms with Gasteiger partial charge in [-0.15, -0.1) is 11.8 Å². The van der Waals surface area contributed by atoms with E-state index >= 15 is 0 Å². The fraction of sp³-hybridized carbons (Fsp3) is 0.263. The van der Waals surface area contributed by atoms with Gasteiger partial charge in [-0.1, -0.05) is 35.9 Å². The minimum absolute atomic E-state index is 0.134. The van der Waals surface area contributed by atoms with Gasteiger partial charge >= 0.3 is 0 Å². The first-order valence-electron chi connectivity index (χ1n) is 8.38. The molecule has 1 atom stereocenters. The molecule has 0 spiro atoms. The fourth-order valence-electron chi connectivity index (χ4n) is 3.26. The van der Waals surface area contributed by atoms with Crippen molar-refractivity contribution in [1.82, 2.24) is 15.3 Å². The molecule has 0 bridgehead atoms. The van der Waals surface area contributed by atoms with Crippen LogP contribution in [0.25, 0.3) is 0 Å². The molecule has 1 saturated heterocycles. The number of hydrogen-bond donors (Lipinski definition) is 1. The molecule has 2 aliphatic rings. The fourth-order valence-corrected chi connectivity index (χ4v) is 4.54. The van der Waals surface area contributed by atoms with Gasteiger partial charge in [0.1, 0.15) is 6.04 Å². The predicted octanol–water partition coefficient (Wildman–Crippen LogP) is 2.90. The monoisotopic (exact) mass is 387 g/mol. The number of halogens is 1. The van der Waals surface area contributed by atoms with Crippen LogP contribution in [-0.4, -0.2) is 39.4 Å². The van der Waals surface area contributed by atoms with Gasteiger partial charge in [0.05, 0.1) is 5.88 Å². The van der Waals surface area contributed by atoms with E-state index in [-0.39, 0.29) is 11.8 Å². The van der Waals surface area contributed by atoms with Crippen LogP contribution in [0.1, 0.15) is 21.5 Å². The van der Waals surface area contributed by atoms with Crippen molar-refractivity contribution in [2.75, 3.05) is 11.6 Å². The summed E-state index contributed by atoms with van der Waals surface area (Å²) in [6, 6.07) is 14.5. The van der Waals surface area contributed by atoms with E-state index < -0.39 is 6.04 Å². The summed E-state index contributed by atoms with van der Waals surface area (Å²) in [4.78, 5) is 27.2. The van der Waals surface area contributed by atoms with Gasteiger partial charge in [-0.3, -0.25) is 15.0 Å². The van der Waals surface area contributed by atoms with Gasteiger partial charge in [0.15, 0.2) is 0 Å². The second-order valence-corrected chi connectivity index (χ2v) is 7.83. The molecule has 5 nitrogen and oxygen atoms in total. The highest BCUT2D eigenvalue weighted by atomic mass is 35.5. The number of hydrazine groups is 1. The molecule has 0 aliphatic carbocycles. The average Bonchev–Trinajstić information content (AvgIpc) is 3.28. The van der Waals surface area contributed by atoms with E-state index in [4.69, 9.17) is 11.6 Å². The standard InChI is InChI=1S/C19H18ClN3O2S/c20-16-7-5-13(6-8-16)19(25)23-12-26-11-17(23)18(24)21-22-9-14-3-1-2-4-15(14)10-22/h1-8,17H,9-12H2,(H,21,24)/t17-/m1/s1. The topological polar surface area (TPSA) is 52.7 Å². The van der Waals surface area contributed by atoms with E-state index in [1.165, 1.54) is 11.1 Å². The third kappa shape index (κ3) is 3.45. The molecule has 2 amide bonds. The molecule has 4 rings (SSSR count). The highest BCUT2D eigenvalue weighted by Crippen LogP contribution is 2.25. The third-order valence-electron chi connectivity index (χ3n) is 4.65. The van der Waals surface area contributed by atoms with Crippen LogP contribution in [0.4, 0.5) is 0 Å². The molecule has 7 heteroatoms. The molecule has 0 aromatic heterocycles. The number of fused-ring (bicyclic) bond motifs is 1. The Labute approximate surface area is 161 Å². The predicted molar refractivity (Wildman–Crippen MR) is 103 cm³/mol. The van der Waals surface area contributed by atoms with Crippen molar-refractivity contribution in [2.24, 2.45) is 0 Å². The summed E-state index contributed by atoms with van der Waals surface area (Å²) in [6.45, 7) is 1.37. The highest BCUT2D eigenvalue weighted by Gasteiger charge is 2.36. The Bertz CT molecular complexity index is 818. The first kappa shape index (κ1) is 17.4. The molecule has 2 aromatic carbocycles. The molecule has 0 unspecified atom stereocenters. The zero-order valence-corrected chi connectivity index (χ0v) is 15.6. The van der Waals surface area contributed by atoms with Crippen LogP contribution in [0.5, 0.6) is 0 Å². The summed E-state index contributed by atoms with van der Waals surface area (Å²) in [7, 11) is 0. The highest BCUT2D eigenvalue weighted by molar-refractivity contribution is 7.99. The molecular formula is C19H18ClN3O2S. The Balaban J connectivity index is 1.42. The number of rotatable bonds is 3. The number of benzene rings is 2. The molecule has 0 radical (unpaired) electrons. The van der Waals surface area contributed by atoms with Gasteiger partial charge in [0.25, 0.3) is 11.8 Å². The normalized spacial score (nSPS) is 19.4. The maximum atomic E-state index is 12.8. The minimum Gasteiger partial charge on any atom is -0.316 e. The summed E-state index contributed by atoms with van der Waals surface area (Å²) in [5.41, 5.74) is 5.97. The van der Waals surface area contributed by atoms with Gasteiger partial charge in [-0.2, -0.15) is 0 Å². The lowest BCUT2D eigenvalue weighted by molar-refractivity contribution is -0.129. The summed E-state index contributed by atoms with van der Waals surface area (Å²) in [5.74, 6) is 0.841. The average molecular weight is 388 g/mol. The number of nitrogens with one attached hydrogen (secondary N) is 1. The third-order valence-corrected chi connectivity index (χ3v) is 5.91. The van der Waals surface area contributed by atoms with E-state index in [1.807, 2.05) is 17.1 Å². The van der Waals surface area contributed by atoms with Crippen molar-refractivity contribution in [2.45, 2.75) is 19.1 Å². The SMILES string of the molecule is O=C(NN1Cc2ccccc2C1)[C@H]1CSCN1C(=O)c1ccc(Cl)cc1.